The molecule has 0 heterocycles. The first kappa shape index (κ1) is 19.7. The number of anilines is 2. The fraction of sp³-hybridized carbons (Fsp3) is 0.222. The molecule has 142 valence electrons. The molecule has 9 nitrogen and oxygen atoms in total. The van der Waals surface area contributed by atoms with Crippen LogP contribution in [0.2, 0.25) is 0 Å². The summed E-state index contributed by atoms with van der Waals surface area (Å²) < 4.78 is 10.4. The summed E-state index contributed by atoms with van der Waals surface area (Å²) in [7, 11) is 1.44. The number of rotatable bonds is 7. The third-order valence-corrected chi connectivity index (χ3v) is 3.49. The fourth-order valence-electron chi connectivity index (χ4n) is 2.36. The molecule has 0 atom stereocenters. The molecule has 0 spiro atoms. The summed E-state index contributed by atoms with van der Waals surface area (Å²) in [5.74, 6) is -0.374. The first-order valence-corrected chi connectivity index (χ1v) is 8.04. The Morgan fingerprint density at radius 3 is 2.41 bits per heavy atom. The highest BCUT2D eigenvalue weighted by Crippen LogP contribution is 2.31. The quantitative estimate of drug-likeness (QED) is 0.568. The molecule has 2 aromatic rings. The molecule has 2 N–H and O–H groups in total. The molecule has 9 heteroatoms. The largest absolute Gasteiger partial charge is 0.495 e. The van der Waals surface area contributed by atoms with E-state index in [4.69, 9.17) is 9.47 Å². The van der Waals surface area contributed by atoms with E-state index in [9.17, 15) is 19.7 Å². The minimum atomic E-state index is -0.611. The van der Waals surface area contributed by atoms with Gasteiger partial charge >= 0.3 is 5.69 Å². The average molecular weight is 373 g/mol. The molecule has 0 fully saturated rings. The Labute approximate surface area is 155 Å². The van der Waals surface area contributed by atoms with E-state index in [-0.39, 0.29) is 29.5 Å². The number of methoxy groups -OCH3 is 1. The number of carbonyl (C=O) groups is 2. The molecule has 0 aliphatic carbocycles. The Kier molecular flexibility index (Phi) is 6.32. The zero-order valence-electron chi connectivity index (χ0n) is 15.1. The number of carbonyl (C=O) groups excluding carboxylic acids is 2. The first-order valence-electron chi connectivity index (χ1n) is 8.04. The summed E-state index contributed by atoms with van der Waals surface area (Å²) in [6.45, 7) is 3.33. The number of nitro benzene ring substituents is 1. The summed E-state index contributed by atoms with van der Waals surface area (Å²) in [6.07, 6.45) is 0. The van der Waals surface area contributed by atoms with Crippen LogP contribution in [0.3, 0.4) is 0 Å². The monoisotopic (exact) mass is 373 g/mol. The van der Waals surface area contributed by atoms with Gasteiger partial charge in [-0.25, -0.2) is 0 Å². The maximum absolute atomic E-state index is 12.5. The number of nitrogens with zero attached hydrogens (tertiary/aromatic N) is 1. The third-order valence-electron chi connectivity index (χ3n) is 3.49. The highest BCUT2D eigenvalue weighted by atomic mass is 16.6. The summed E-state index contributed by atoms with van der Waals surface area (Å²) in [4.78, 5) is 34.3. The molecule has 2 aromatic carbocycles. The van der Waals surface area contributed by atoms with Gasteiger partial charge < -0.3 is 20.1 Å². The Balaban J connectivity index is 2.32. The van der Waals surface area contributed by atoms with Gasteiger partial charge in [-0.2, -0.15) is 0 Å². The summed E-state index contributed by atoms with van der Waals surface area (Å²) in [5.41, 5.74) is 0.558. The summed E-state index contributed by atoms with van der Waals surface area (Å²) >= 11 is 0. The lowest BCUT2D eigenvalue weighted by Crippen LogP contribution is -2.14. The normalized spacial score (nSPS) is 10.0. The Hall–Kier alpha value is -3.62. The predicted molar refractivity (Wildman–Crippen MR) is 99.5 cm³/mol. The second kappa shape index (κ2) is 8.65. The van der Waals surface area contributed by atoms with Gasteiger partial charge in [0, 0.05) is 24.2 Å². The minimum Gasteiger partial charge on any atom is -0.495 e. The van der Waals surface area contributed by atoms with Gasteiger partial charge in [-0.1, -0.05) is 0 Å². The number of hydrogen-bond acceptors (Lipinski definition) is 6. The Bertz CT molecular complexity index is 881. The predicted octanol–water partition coefficient (Wildman–Crippen LogP) is 3.21. The highest BCUT2D eigenvalue weighted by molar-refractivity contribution is 6.06. The van der Waals surface area contributed by atoms with Crippen molar-refractivity contribution in [2.24, 2.45) is 0 Å². The number of hydrogen-bond donors (Lipinski definition) is 2. The third kappa shape index (κ3) is 4.94. The second-order valence-electron chi connectivity index (χ2n) is 5.42. The van der Waals surface area contributed by atoms with Crippen molar-refractivity contribution in [3.05, 3.63) is 52.1 Å². The lowest BCUT2D eigenvalue weighted by molar-refractivity contribution is -0.385. The second-order valence-corrected chi connectivity index (χ2v) is 5.42. The molecule has 27 heavy (non-hydrogen) atoms. The molecule has 0 bridgehead atoms. The van der Waals surface area contributed by atoms with E-state index in [2.05, 4.69) is 10.6 Å². The summed E-state index contributed by atoms with van der Waals surface area (Å²) in [5, 5.41) is 16.4. The van der Waals surface area contributed by atoms with Crippen molar-refractivity contribution in [3.63, 3.8) is 0 Å². The van der Waals surface area contributed by atoms with Crippen LogP contribution in [0.1, 0.15) is 24.2 Å². The maximum atomic E-state index is 12.5. The Morgan fingerprint density at radius 1 is 1.11 bits per heavy atom. The van der Waals surface area contributed by atoms with Crippen molar-refractivity contribution in [1.82, 2.24) is 0 Å². The molecule has 0 aliphatic heterocycles. The first-order chi connectivity index (χ1) is 12.8. The van der Waals surface area contributed by atoms with Crippen LogP contribution in [-0.2, 0) is 4.79 Å². The van der Waals surface area contributed by atoms with Crippen molar-refractivity contribution in [1.29, 1.82) is 0 Å². The molecule has 2 rings (SSSR count). The number of amides is 2. The minimum absolute atomic E-state index is 0.0807. The fourth-order valence-corrected chi connectivity index (χ4v) is 2.36. The standard InChI is InChI=1S/C18H19N3O6/c1-4-27-17-7-5-12(9-15(17)21(24)25)18(23)20-14-10-13(19-11(2)22)6-8-16(14)26-3/h5-10H,4H2,1-3H3,(H,19,22)(H,20,23). The topological polar surface area (TPSA) is 120 Å². The van der Waals surface area contributed by atoms with Crippen molar-refractivity contribution >= 4 is 28.9 Å². The van der Waals surface area contributed by atoms with Crippen LogP contribution >= 0.6 is 0 Å². The van der Waals surface area contributed by atoms with Gasteiger partial charge in [0.25, 0.3) is 5.91 Å². The molecule has 2 amide bonds. The van der Waals surface area contributed by atoms with Crippen molar-refractivity contribution in [2.45, 2.75) is 13.8 Å². The van der Waals surface area contributed by atoms with E-state index in [0.717, 1.165) is 6.07 Å². The van der Waals surface area contributed by atoms with Crippen LogP contribution in [0.5, 0.6) is 11.5 Å². The van der Waals surface area contributed by atoms with E-state index in [1.54, 1.807) is 19.1 Å². The van der Waals surface area contributed by atoms with Crippen LogP contribution in [-0.4, -0.2) is 30.5 Å². The lowest BCUT2D eigenvalue weighted by atomic mass is 10.1. The van der Waals surface area contributed by atoms with E-state index in [1.165, 1.54) is 32.2 Å². The lowest BCUT2D eigenvalue weighted by Gasteiger charge is -2.13. The SMILES string of the molecule is CCOc1ccc(C(=O)Nc2cc(NC(C)=O)ccc2OC)cc1[N+](=O)[O-]. The molecule has 0 saturated carbocycles. The molecule has 0 radical (unpaired) electrons. The van der Waals surface area contributed by atoms with Gasteiger partial charge in [0.15, 0.2) is 5.75 Å². The number of nitrogens with one attached hydrogen (secondary N) is 2. The van der Waals surface area contributed by atoms with Crippen LogP contribution in [0.4, 0.5) is 17.1 Å². The van der Waals surface area contributed by atoms with E-state index in [1.807, 2.05) is 0 Å². The van der Waals surface area contributed by atoms with Gasteiger partial charge in [0.1, 0.15) is 5.75 Å². The van der Waals surface area contributed by atoms with Crippen LogP contribution in [0.15, 0.2) is 36.4 Å². The molecular weight excluding hydrogens is 354 g/mol. The van der Waals surface area contributed by atoms with Gasteiger partial charge in [-0.15, -0.1) is 0 Å². The van der Waals surface area contributed by atoms with Crippen LogP contribution in [0.25, 0.3) is 0 Å². The van der Waals surface area contributed by atoms with Crippen LogP contribution in [0, 0.1) is 10.1 Å². The zero-order valence-corrected chi connectivity index (χ0v) is 15.1. The van der Waals surface area contributed by atoms with Gasteiger partial charge in [0.2, 0.25) is 5.91 Å². The molecule has 0 aliphatic rings. The number of ether oxygens (including phenoxy) is 2. The zero-order chi connectivity index (χ0) is 20.0. The number of benzene rings is 2. The Morgan fingerprint density at radius 2 is 1.81 bits per heavy atom. The van der Waals surface area contributed by atoms with Gasteiger partial charge in [-0.3, -0.25) is 19.7 Å². The molecule has 0 aromatic heterocycles. The highest BCUT2D eigenvalue weighted by Gasteiger charge is 2.19. The van der Waals surface area contributed by atoms with E-state index in [0.29, 0.717) is 17.1 Å². The molecular formula is C18H19N3O6. The molecule has 0 unspecified atom stereocenters. The summed E-state index contributed by atoms with van der Waals surface area (Å²) in [6, 6.07) is 8.68. The van der Waals surface area contributed by atoms with Crippen molar-refractivity contribution < 1.29 is 24.0 Å². The molecule has 0 saturated heterocycles. The van der Waals surface area contributed by atoms with E-state index >= 15 is 0 Å². The maximum Gasteiger partial charge on any atom is 0.311 e. The van der Waals surface area contributed by atoms with E-state index < -0.39 is 10.8 Å². The van der Waals surface area contributed by atoms with Crippen LogP contribution < -0.4 is 20.1 Å². The van der Waals surface area contributed by atoms with Gasteiger partial charge in [-0.05, 0) is 37.3 Å². The van der Waals surface area contributed by atoms with Crippen molar-refractivity contribution in [2.75, 3.05) is 24.4 Å². The van der Waals surface area contributed by atoms with Crippen molar-refractivity contribution in [3.8, 4) is 11.5 Å². The average Bonchev–Trinajstić information content (AvgIpc) is 2.61. The smallest absolute Gasteiger partial charge is 0.311 e. The van der Waals surface area contributed by atoms with Gasteiger partial charge in [0.05, 0.1) is 24.3 Å². The number of nitro groups is 1.